The molecular weight excluding hydrogens is 290 g/mol. The fraction of sp³-hybridized carbons (Fsp3) is 0.368. The van der Waals surface area contributed by atoms with Crippen molar-refractivity contribution in [1.29, 1.82) is 0 Å². The van der Waals surface area contributed by atoms with Crippen LogP contribution in [0.3, 0.4) is 0 Å². The summed E-state index contributed by atoms with van der Waals surface area (Å²) >= 11 is 0. The summed E-state index contributed by atoms with van der Waals surface area (Å²) in [6.45, 7) is 6.26. The smallest absolute Gasteiger partial charge is 0.231 e. The number of benzene rings is 2. The minimum absolute atomic E-state index is 0.314. The number of hydrogen-bond acceptors (Lipinski definition) is 4. The van der Waals surface area contributed by atoms with Gasteiger partial charge in [-0.1, -0.05) is 30.3 Å². The van der Waals surface area contributed by atoms with Gasteiger partial charge in [0.15, 0.2) is 11.5 Å². The number of hydrogen-bond donors (Lipinski definition) is 0. The third-order valence-corrected chi connectivity index (χ3v) is 4.69. The van der Waals surface area contributed by atoms with Crippen LogP contribution in [0.2, 0.25) is 0 Å². The molecule has 0 saturated carbocycles. The summed E-state index contributed by atoms with van der Waals surface area (Å²) in [5.74, 6) is 1.65. The van der Waals surface area contributed by atoms with E-state index in [1.54, 1.807) is 0 Å². The lowest BCUT2D eigenvalue weighted by molar-refractivity contribution is 0.0198. The van der Waals surface area contributed by atoms with Gasteiger partial charge < -0.3 is 14.2 Å². The lowest BCUT2D eigenvalue weighted by atomic mass is 10.00. The molecule has 1 atom stereocenters. The van der Waals surface area contributed by atoms with Crippen LogP contribution < -0.4 is 9.47 Å². The molecule has 0 bridgehead atoms. The maximum absolute atomic E-state index is 5.46. The van der Waals surface area contributed by atoms with Gasteiger partial charge >= 0.3 is 0 Å². The topological polar surface area (TPSA) is 30.9 Å². The summed E-state index contributed by atoms with van der Waals surface area (Å²) in [5, 5.41) is 0. The van der Waals surface area contributed by atoms with Crippen molar-refractivity contribution in [3.8, 4) is 22.6 Å². The standard InChI is InChI=1S/C19H21NO3/c1-14(20-8-10-21-11-9-20)15-2-4-16(5-3-15)17-6-7-18-19(12-17)23-13-22-18/h2-7,12,14H,8-11,13H2,1H3. The monoisotopic (exact) mass is 311 g/mol. The van der Waals surface area contributed by atoms with Crippen LogP contribution in [0.1, 0.15) is 18.5 Å². The van der Waals surface area contributed by atoms with E-state index in [9.17, 15) is 0 Å². The first kappa shape index (κ1) is 14.5. The second kappa shape index (κ2) is 6.22. The lowest BCUT2D eigenvalue weighted by Gasteiger charge is -2.32. The highest BCUT2D eigenvalue weighted by Gasteiger charge is 2.18. The van der Waals surface area contributed by atoms with Crippen molar-refractivity contribution in [3.05, 3.63) is 48.0 Å². The Morgan fingerprint density at radius 2 is 1.57 bits per heavy atom. The zero-order valence-electron chi connectivity index (χ0n) is 13.3. The van der Waals surface area contributed by atoms with Gasteiger partial charge in [0, 0.05) is 19.1 Å². The Bertz CT molecular complexity index is 678. The first-order valence-corrected chi connectivity index (χ1v) is 8.13. The van der Waals surface area contributed by atoms with Gasteiger partial charge in [-0.05, 0) is 35.7 Å². The number of nitrogens with zero attached hydrogens (tertiary/aromatic N) is 1. The molecule has 2 aromatic rings. The molecule has 4 nitrogen and oxygen atoms in total. The molecule has 0 aromatic heterocycles. The normalized spacial score (nSPS) is 18.8. The van der Waals surface area contributed by atoms with E-state index in [2.05, 4.69) is 42.2 Å². The van der Waals surface area contributed by atoms with Crippen molar-refractivity contribution < 1.29 is 14.2 Å². The zero-order valence-corrected chi connectivity index (χ0v) is 13.3. The molecule has 1 unspecified atom stereocenters. The van der Waals surface area contributed by atoms with Crippen LogP contribution in [0, 0.1) is 0 Å². The average Bonchev–Trinajstić information content (AvgIpc) is 3.10. The Labute approximate surface area is 136 Å². The first-order chi connectivity index (χ1) is 11.3. The van der Waals surface area contributed by atoms with Crippen molar-refractivity contribution in [2.24, 2.45) is 0 Å². The summed E-state index contributed by atoms with van der Waals surface area (Å²) in [7, 11) is 0. The van der Waals surface area contributed by atoms with Gasteiger partial charge in [0.25, 0.3) is 0 Å². The predicted molar refractivity (Wildman–Crippen MR) is 88.8 cm³/mol. The van der Waals surface area contributed by atoms with Crippen molar-refractivity contribution in [1.82, 2.24) is 4.90 Å². The van der Waals surface area contributed by atoms with Gasteiger partial charge in [-0.3, -0.25) is 4.90 Å². The van der Waals surface area contributed by atoms with Crippen LogP contribution in [0.15, 0.2) is 42.5 Å². The van der Waals surface area contributed by atoms with E-state index in [0.717, 1.165) is 43.4 Å². The Kier molecular flexibility index (Phi) is 3.93. The van der Waals surface area contributed by atoms with Crippen LogP contribution in [0.4, 0.5) is 0 Å². The van der Waals surface area contributed by atoms with Crippen LogP contribution in [-0.2, 0) is 4.74 Å². The minimum Gasteiger partial charge on any atom is -0.454 e. The molecule has 2 heterocycles. The molecule has 23 heavy (non-hydrogen) atoms. The molecule has 0 aliphatic carbocycles. The second-order valence-corrected chi connectivity index (χ2v) is 6.01. The van der Waals surface area contributed by atoms with E-state index in [1.165, 1.54) is 11.1 Å². The largest absolute Gasteiger partial charge is 0.454 e. The van der Waals surface area contributed by atoms with E-state index < -0.39 is 0 Å². The van der Waals surface area contributed by atoms with Gasteiger partial charge in [0.1, 0.15) is 0 Å². The summed E-state index contributed by atoms with van der Waals surface area (Å²) < 4.78 is 16.3. The minimum atomic E-state index is 0.314. The van der Waals surface area contributed by atoms with Gasteiger partial charge in [-0.15, -0.1) is 0 Å². The Balaban J connectivity index is 1.53. The average molecular weight is 311 g/mol. The van der Waals surface area contributed by atoms with Gasteiger partial charge in [-0.25, -0.2) is 0 Å². The third kappa shape index (κ3) is 2.92. The molecule has 0 spiro atoms. The number of morpholine rings is 1. The van der Waals surface area contributed by atoms with Crippen LogP contribution >= 0.6 is 0 Å². The van der Waals surface area contributed by atoms with Crippen LogP contribution in [0.5, 0.6) is 11.5 Å². The number of ether oxygens (including phenoxy) is 3. The van der Waals surface area contributed by atoms with E-state index in [1.807, 2.05) is 12.1 Å². The molecule has 4 heteroatoms. The second-order valence-electron chi connectivity index (χ2n) is 6.01. The maximum Gasteiger partial charge on any atom is 0.231 e. The summed E-state index contributed by atoms with van der Waals surface area (Å²) in [6, 6.07) is 15.3. The zero-order chi connectivity index (χ0) is 15.6. The molecule has 0 N–H and O–H groups in total. The molecule has 0 radical (unpaired) electrons. The van der Waals surface area contributed by atoms with Crippen molar-refractivity contribution in [2.45, 2.75) is 13.0 Å². The van der Waals surface area contributed by atoms with Crippen LogP contribution in [0.25, 0.3) is 11.1 Å². The van der Waals surface area contributed by atoms with E-state index >= 15 is 0 Å². The predicted octanol–water partition coefficient (Wildman–Crippen LogP) is 3.48. The molecule has 1 fully saturated rings. The van der Waals surface area contributed by atoms with E-state index in [-0.39, 0.29) is 0 Å². The molecular formula is C19H21NO3. The third-order valence-electron chi connectivity index (χ3n) is 4.69. The molecule has 4 rings (SSSR count). The maximum atomic E-state index is 5.46. The molecule has 2 aromatic carbocycles. The first-order valence-electron chi connectivity index (χ1n) is 8.13. The Hall–Kier alpha value is -2.04. The highest BCUT2D eigenvalue weighted by atomic mass is 16.7. The SMILES string of the molecule is CC(c1ccc(-c2ccc3c(c2)OCO3)cc1)N1CCOCC1. The molecule has 2 aliphatic rings. The van der Waals surface area contributed by atoms with Crippen molar-refractivity contribution in [2.75, 3.05) is 33.1 Å². The quantitative estimate of drug-likeness (QED) is 0.868. The van der Waals surface area contributed by atoms with Crippen molar-refractivity contribution >= 4 is 0 Å². The fourth-order valence-corrected chi connectivity index (χ4v) is 3.21. The molecule has 1 saturated heterocycles. The highest BCUT2D eigenvalue weighted by Crippen LogP contribution is 2.36. The van der Waals surface area contributed by atoms with Crippen LogP contribution in [-0.4, -0.2) is 38.0 Å². The number of rotatable bonds is 3. The van der Waals surface area contributed by atoms with E-state index in [0.29, 0.717) is 12.8 Å². The summed E-state index contributed by atoms with van der Waals surface area (Å²) in [4.78, 5) is 2.47. The fourth-order valence-electron chi connectivity index (χ4n) is 3.21. The molecule has 120 valence electrons. The molecule has 2 aliphatic heterocycles. The molecule has 0 amide bonds. The Morgan fingerprint density at radius 3 is 2.35 bits per heavy atom. The Morgan fingerprint density at radius 1 is 0.870 bits per heavy atom. The highest BCUT2D eigenvalue weighted by molar-refractivity contribution is 5.67. The van der Waals surface area contributed by atoms with Gasteiger partial charge in [0.05, 0.1) is 13.2 Å². The lowest BCUT2D eigenvalue weighted by Crippen LogP contribution is -2.37. The van der Waals surface area contributed by atoms with Crippen molar-refractivity contribution in [3.63, 3.8) is 0 Å². The van der Waals surface area contributed by atoms with E-state index in [4.69, 9.17) is 14.2 Å². The van der Waals surface area contributed by atoms with Gasteiger partial charge in [0.2, 0.25) is 6.79 Å². The summed E-state index contributed by atoms with van der Waals surface area (Å²) in [5.41, 5.74) is 3.69. The summed E-state index contributed by atoms with van der Waals surface area (Å²) in [6.07, 6.45) is 0. The van der Waals surface area contributed by atoms with Gasteiger partial charge in [-0.2, -0.15) is 0 Å². The number of fused-ring (bicyclic) bond motifs is 1.